The minimum atomic E-state index is -1.64. The maximum atomic E-state index is 13.1. The molecule has 0 aliphatic heterocycles. The van der Waals surface area contributed by atoms with Crippen molar-refractivity contribution in [2.45, 2.75) is 64.5 Å². The number of azide groups is 1. The Morgan fingerprint density at radius 2 is 1.27 bits per heavy atom. The molecule has 272 valence electrons. The molecule has 2 amide bonds. The van der Waals surface area contributed by atoms with E-state index in [9.17, 15) is 34.5 Å². The summed E-state index contributed by atoms with van der Waals surface area (Å²) in [6.45, 7) is -0.335. The fourth-order valence-corrected chi connectivity index (χ4v) is 5.30. The number of esters is 1. The van der Waals surface area contributed by atoms with Crippen LogP contribution in [0.15, 0.2) is 66.0 Å². The normalized spacial score (nSPS) is 10.8. The highest BCUT2D eigenvalue weighted by Crippen LogP contribution is 2.15. The molecular weight excluding hydrogens is 676 g/mol. The van der Waals surface area contributed by atoms with Crippen molar-refractivity contribution in [1.29, 1.82) is 0 Å². The molecule has 19 nitrogen and oxygen atoms in total. The van der Waals surface area contributed by atoms with E-state index in [1.807, 2.05) is 0 Å². The molecule has 0 fully saturated rings. The van der Waals surface area contributed by atoms with Crippen LogP contribution in [0.4, 0.5) is 11.4 Å². The van der Waals surface area contributed by atoms with Gasteiger partial charge in [-0.3, -0.25) is 14.4 Å². The molecule has 0 saturated carbocycles. The number of nitrogens with zero attached hydrogens (tertiary/aromatic N) is 9. The molecule has 2 aromatic carbocycles. The van der Waals surface area contributed by atoms with Crippen LogP contribution in [0.25, 0.3) is 10.4 Å². The largest absolute Gasteiger partial charge is 0.488 e. The monoisotopic (exact) mass is 715 g/mol. The van der Waals surface area contributed by atoms with Crippen molar-refractivity contribution >= 4 is 54.3 Å². The first-order valence-electron chi connectivity index (χ1n) is 16.6. The summed E-state index contributed by atoms with van der Waals surface area (Å²) in [6, 6.07) is 12.6. The second kappa shape index (κ2) is 20.3. The third-order valence-corrected chi connectivity index (χ3v) is 7.95. The van der Waals surface area contributed by atoms with Crippen LogP contribution in [0, 0.1) is 5.92 Å². The highest BCUT2D eigenvalue weighted by molar-refractivity contribution is 6.59. The quantitative estimate of drug-likeness (QED) is 0.0167. The molecule has 2 heterocycles. The van der Waals surface area contributed by atoms with Gasteiger partial charge in [0.15, 0.2) is 6.73 Å². The number of rotatable bonds is 21. The van der Waals surface area contributed by atoms with Crippen molar-refractivity contribution in [3.05, 3.63) is 82.8 Å². The third-order valence-electron chi connectivity index (χ3n) is 7.95. The SMILES string of the molecule is [N-]=[N+]=NCOC(=O)C(Cn1nncc1CCCCC(=O)Nc1cccc(B(O)O)c1)Cn1nncc1CCCCC(=O)Nc1cccc(B(O)O)c1. The van der Waals surface area contributed by atoms with Crippen LogP contribution in [-0.2, 0) is 45.1 Å². The van der Waals surface area contributed by atoms with Gasteiger partial charge in [-0.15, -0.1) is 10.2 Å². The number of amides is 2. The fourth-order valence-electron chi connectivity index (χ4n) is 5.30. The van der Waals surface area contributed by atoms with Crippen LogP contribution in [0.1, 0.15) is 49.9 Å². The van der Waals surface area contributed by atoms with E-state index in [-0.39, 0.29) is 48.7 Å². The van der Waals surface area contributed by atoms with Crippen LogP contribution in [0.5, 0.6) is 0 Å². The molecular formula is C31H39B2N11O8. The summed E-state index contributed by atoms with van der Waals surface area (Å²) in [6.07, 6.45) is 6.97. The Morgan fingerprint density at radius 1 is 0.788 bits per heavy atom. The topological polar surface area (TPSA) is 276 Å². The Bertz CT molecular complexity index is 1720. The minimum absolute atomic E-state index is 0.0753. The second-order valence-corrected chi connectivity index (χ2v) is 11.8. The van der Waals surface area contributed by atoms with Crippen LogP contribution in [0.3, 0.4) is 0 Å². The molecule has 0 bridgehead atoms. The molecule has 4 rings (SSSR count). The lowest BCUT2D eigenvalue weighted by atomic mass is 9.80. The molecule has 0 aliphatic carbocycles. The van der Waals surface area contributed by atoms with Crippen molar-refractivity contribution < 1.29 is 39.2 Å². The van der Waals surface area contributed by atoms with Crippen molar-refractivity contribution in [1.82, 2.24) is 30.0 Å². The lowest BCUT2D eigenvalue weighted by Gasteiger charge is -2.17. The summed E-state index contributed by atoms with van der Waals surface area (Å²) in [4.78, 5) is 40.6. The average molecular weight is 715 g/mol. The molecule has 2 aromatic heterocycles. The summed E-state index contributed by atoms with van der Waals surface area (Å²) in [7, 11) is -3.28. The van der Waals surface area contributed by atoms with Gasteiger partial charge in [0, 0.05) is 29.1 Å². The van der Waals surface area contributed by atoms with Gasteiger partial charge in [-0.05, 0) is 79.2 Å². The maximum Gasteiger partial charge on any atom is 0.488 e. The van der Waals surface area contributed by atoms with Gasteiger partial charge in [-0.1, -0.05) is 39.8 Å². The number of hydrogen-bond donors (Lipinski definition) is 6. The lowest BCUT2D eigenvalue weighted by molar-refractivity contribution is -0.149. The number of nitrogens with one attached hydrogen (secondary N) is 2. The molecule has 0 saturated heterocycles. The van der Waals surface area contributed by atoms with E-state index in [1.54, 1.807) is 46.0 Å². The van der Waals surface area contributed by atoms with Gasteiger partial charge >= 0.3 is 20.2 Å². The zero-order valence-electron chi connectivity index (χ0n) is 28.2. The van der Waals surface area contributed by atoms with E-state index >= 15 is 0 Å². The Hall–Kier alpha value is -5.59. The van der Waals surface area contributed by atoms with Crippen LogP contribution < -0.4 is 21.6 Å². The molecule has 0 radical (unpaired) electrons. The summed E-state index contributed by atoms with van der Waals surface area (Å²) in [5.41, 5.74) is 11.5. The molecule has 21 heteroatoms. The molecule has 6 N–H and O–H groups in total. The third kappa shape index (κ3) is 12.6. The van der Waals surface area contributed by atoms with E-state index in [0.717, 1.165) is 11.4 Å². The number of carbonyl (C=O) groups is 3. The van der Waals surface area contributed by atoms with E-state index in [2.05, 4.69) is 41.3 Å². The maximum absolute atomic E-state index is 13.1. The number of aryl methyl sites for hydroxylation is 2. The molecule has 4 aromatic rings. The van der Waals surface area contributed by atoms with Gasteiger partial charge in [-0.2, -0.15) is 0 Å². The standard InChI is InChI=1S/C31H39B2N11O8/c34-40-37-21-52-31(47)22(19-43-27(17-35-41-43)11-1-3-13-29(45)38-25-9-5-7-23(15-25)32(48)49)20-44-28(18-36-42-44)12-2-4-14-30(46)39-26-10-6-8-24(16-26)33(50)51/h5-10,15-18,22,48-51H,1-4,11-14,19-21H2,(H,38,45)(H,39,46). The number of unbranched alkanes of at least 4 members (excludes halogenated alkanes) is 2. The summed E-state index contributed by atoms with van der Waals surface area (Å²) in [5.74, 6) is -1.90. The zero-order valence-corrected chi connectivity index (χ0v) is 28.2. The van der Waals surface area contributed by atoms with Gasteiger partial charge in [0.2, 0.25) is 11.8 Å². The van der Waals surface area contributed by atoms with Crippen molar-refractivity contribution in [2.24, 2.45) is 11.0 Å². The van der Waals surface area contributed by atoms with Gasteiger partial charge in [-0.25, -0.2) is 9.36 Å². The Labute approximate surface area is 298 Å². The fraction of sp³-hybridized carbons (Fsp3) is 0.387. The first kappa shape index (κ1) is 39.2. The van der Waals surface area contributed by atoms with Crippen molar-refractivity contribution in [3.63, 3.8) is 0 Å². The Kier molecular flexibility index (Phi) is 15.3. The van der Waals surface area contributed by atoms with E-state index < -0.39 is 32.9 Å². The predicted molar refractivity (Wildman–Crippen MR) is 189 cm³/mol. The minimum Gasteiger partial charge on any atom is -0.459 e. The molecule has 52 heavy (non-hydrogen) atoms. The van der Waals surface area contributed by atoms with Gasteiger partial charge < -0.3 is 35.5 Å². The summed E-state index contributed by atoms with van der Waals surface area (Å²) in [5, 5.41) is 62.5. The number of anilines is 2. The van der Waals surface area contributed by atoms with Crippen LogP contribution in [0.2, 0.25) is 0 Å². The van der Waals surface area contributed by atoms with Gasteiger partial charge in [0.25, 0.3) is 0 Å². The lowest BCUT2D eigenvalue weighted by Crippen LogP contribution is -2.30. The van der Waals surface area contributed by atoms with Gasteiger partial charge in [0.05, 0.1) is 42.8 Å². The summed E-state index contributed by atoms with van der Waals surface area (Å²) >= 11 is 0. The zero-order chi connectivity index (χ0) is 37.3. The highest BCUT2D eigenvalue weighted by Gasteiger charge is 2.25. The number of hydrogen-bond acceptors (Lipinski definition) is 13. The van der Waals surface area contributed by atoms with E-state index in [0.29, 0.717) is 49.9 Å². The molecule has 0 atom stereocenters. The first-order chi connectivity index (χ1) is 25.1. The molecule has 0 spiro atoms. The van der Waals surface area contributed by atoms with E-state index in [4.69, 9.17) is 10.3 Å². The van der Waals surface area contributed by atoms with E-state index in [1.165, 1.54) is 24.3 Å². The predicted octanol–water partition coefficient (Wildman–Crippen LogP) is 0.0596. The first-order valence-corrected chi connectivity index (χ1v) is 16.6. The molecule has 0 aliphatic rings. The Balaban J connectivity index is 1.28. The van der Waals surface area contributed by atoms with Crippen LogP contribution in [-0.4, -0.2) is 88.8 Å². The van der Waals surface area contributed by atoms with Crippen molar-refractivity contribution in [2.75, 3.05) is 17.4 Å². The number of carbonyl (C=O) groups excluding carboxylic acids is 3. The average Bonchev–Trinajstić information content (AvgIpc) is 3.77. The molecule has 0 unspecified atom stereocenters. The number of aromatic nitrogens is 6. The smallest absolute Gasteiger partial charge is 0.459 e. The van der Waals surface area contributed by atoms with Gasteiger partial charge in [0.1, 0.15) is 0 Å². The Morgan fingerprint density at radius 3 is 1.71 bits per heavy atom. The second-order valence-electron chi connectivity index (χ2n) is 11.8. The van der Waals surface area contributed by atoms with Crippen molar-refractivity contribution in [3.8, 4) is 0 Å². The van der Waals surface area contributed by atoms with Crippen LogP contribution >= 0.6 is 0 Å². The number of ether oxygens (including phenoxy) is 1. The number of benzene rings is 2. The highest BCUT2D eigenvalue weighted by atomic mass is 16.5. The summed E-state index contributed by atoms with van der Waals surface area (Å²) < 4.78 is 8.34.